The van der Waals surface area contributed by atoms with Crippen LogP contribution in [0.3, 0.4) is 0 Å². The van der Waals surface area contributed by atoms with Crippen molar-refractivity contribution >= 4 is 11.6 Å². The smallest absolute Gasteiger partial charge is 0.135 e. The highest BCUT2D eigenvalue weighted by atomic mass is 16.3. The Morgan fingerprint density at radius 2 is 1.86 bits per heavy atom. The number of nitrogens with two attached hydrogens (primary N) is 1. The molecule has 5 heteroatoms. The van der Waals surface area contributed by atoms with Gasteiger partial charge in [-0.1, -0.05) is 44.2 Å². The second-order valence-electron chi connectivity index (χ2n) is 5.39. The molecular formula is C16H22N4O. The van der Waals surface area contributed by atoms with E-state index in [1.165, 1.54) is 0 Å². The molecule has 5 nitrogen and oxygen atoms in total. The molecule has 0 aliphatic heterocycles. The molecule has 0 saturated carbocycles. The fraction of sp³-hybridized carbons (Fsp3) is 0.375. The fourth-order valence-corrected chi connectivity index (χ4v) is 2.04. The van der Waals surface area contributed by atoms with Gasteiger partial charge in [0, 0.05) is 11.5 Å². The summed E-state index contributed by atoms with van der Waals surface area (Å²) in [6.45, 7) is 5.90. The van der Waals surface area contributed by atoms with E-state index < -0.39 is 0 Å². The minimum Gasteiger partial charge on any atom is -0.394 e. The molecule has 0 bridgehead atoms. The zero-order valence-corrected chi connectivity index (χ0v) is 12.7. The number of anilines is 2. The highest BCUT2D eigenvalue weighted by Gasteiger charge is 2.16. The first-order valence-corrected chi connectivity index (χ1v) is 7.09. The van der Waals surface area contributed by atoms with Crippen LogP contribution in [0.15, 0.2) is 30.3 Å². The fourth-order valence-electron chi connectivity index (χ4n) is 2.04. The Hall–Kier alpha value is -2.14. The Bertz CT molecular complexity index is 599. The molecule has 2 aromatic rings. The van der Waals surface area contributed by atoms with Crippen molar-refractivity contribution in [1.29, 1.82) is 0 Å². The van der Waals surface area contributed by atoms with Gasteiger partial charge in [-0.3, -0.25) is 0 Å². The molecule has 0 fully saturated rings. The Morgan fingerprint density at radius 1 is 1.19 bits per heavy atom. The highest BCUT2D eigenvalue weighted by molar-refractivity contribution is 5.56. The van der Waals surface area contributed by atoms with Crippen LogP contribution in [0.1, 0.15) is 42.8 Å². The summed E-state index contributed by atoms with van der Waals surface area (Å²) in [4.78, 5) is 8.84. The lowest BCUT2D eigenvalue weighted by Crippen LogP contribution is -2.18. The van der Waals surface area contributed by atoms with Crippen LogP contribution in [0, 0.1) is 6.92 Å². The average molecular weight is 286 g/mol. The van der Waals surface area contributed by atoms with Gasteiger partial charge in [0.15, 0.2) is 0 Å². The molecule has 4 N–H and O–H groups in total. The molecule has 21 heavy (non-hydrogen) atoms. The number of hydrogen-bond donors (Lipinski definition) is 3. The quantitative estimate of drug-likeness (QED) is 0.787. The molecule has 0 radical (unpaired) electrons. The second-order valence-corrected chi connectivity index (χ2v) is 5.39. The van der Waals surface area contributed by atoms with Gasteiger partial charge >= 0.3 is 0 Å². The summed E-state index contributed by atoms with van der Waals surface area (Å²) in [5, 5.41) is 12.9. The largest absolute Gasteiger partial charge is 0.394 e. The summed E-state index contributed by atoms with van der Waals surface area (Å²) >= 11 is 0. The maximum atomic E-state index is 9.64. The van der Waals surface area contributed by atoms with Gasteiger partial charge in [-0.2, -0.15) is 0 Å². The van der Waals surface area contributed by atoms with Crippen molar-refractivity contribution in [2.24, 2.45) is 0 Å². The van der Waals surface area contributed by atoms with Crippen molar-refractivity contribution in [2.45, 2.75) is 32.7 Å². The van der Waals surface area contributed by atoms with Crippen LogP contribution in [0.2, 0.25) is 0 Å². The number of hydrogen-bond acceptors (Lipinski definition) is 5. The van der Waals surface area contributed by atoms with E-state index in [0.29, 0.717) is 17.5 Å². The van der Waals surface area contributed by atoms with E-state index >= 15 is 0 Å². The van der Waals surface area contributed by atoms with Crippen molar-refractivity contribution in [3.05, 3.63) is 47.3 Å². The van der Waals surface area contributed by atoms with Crippen molar-refractivity contribution in [3.8, 4) is 0 Å². The molecule has 0 aliphatic rings. The number of benzene rings is 1. The zero-order valence-electron chi connectivity index (χ0n) is 12.7. The Kier molecular flexibility index (Phi) is 4.75. The predicted octanol–water partition coefficient (Wildman–Crippen LogP) is 2.64. The third-order valence-corrected chi connectivity index (χ3v) is 3.41. The minimum atomic E-state index is -0.223. The number of aliphatic hydroxyl groups is 1. The van der Waals surface area contributed by atoms with Gasteiger partial charge in [0.05, 0.1) is 12.6 Å². The Balaban J connectivity index is 2.33. The van der Waals surface area contributed by atoms with Gasteiger partial charge in [-0.25, -0.2) is 9.97 Å². The van der Waals surface area contributed by atoms with E-state index in [1.807, 2.05) is 51.1 Å². The number of nitrogens with one attached hydrogen (secondary N) is 1. The molecule has 0 amide bonds. The van der Waals surface area contributed by atoms with Crippen LogP contribution >= 0.6 is 0 Å². The number of nitrogen functional groups attached to an aromatic ring is 1. The van der Waals surface area contributed by atoms with Gasteiger partial charge in [-0.05, 0) is 12.5 Å². The standard InChI is InChI=1S/C16H22N4O/c1-10(2)15-19-14(17)11(3)16(20-15)18-13(9-21)12-7-5-4-6-8-12/h4-8,10,13,21H,9H2,1-3H3,(H3,17,18,19,20). The van der Waals surface area contributed by atoms with E-state index in [-0.39, 0.29) is 18.6 Å². The van der Waals surface area contributed by atoms with Gasteiger partial charge in [0.25, 0.3) is 0 Å². The molecule has 112 valence electrons. The predicted molar refractivity (Wildman–Crippen MR) is 85.2 cm³/mol. The SMILES string of the molecule is Cc1c(N)nc(C(C)C)nc1NC(CO)c1ccccc1. The lowest BCUT2D eigenvalue weighted by Gasteiger charge is -2.20. The van der Waals surface area contributed by atoms with Crippen LogP contribution in [0.4, 0.5) is 11.6 Å². The summed E-state index contributed by atoms with van der Waals surface area (Å²) < 4.78 is 0. The lowest BCUT2D eigenvalue weighted by molar-refractivity contribution is 0.276. The Labute approximate surface area is 125 Å². The molecule has 1 aromatic carbocycles. The van der Waals surface area contributed by atoms with Crippen LogP contribution in [0.25, 0.3) is 0 Å². The summed E-state index contributed by atoms with van der Waals surface area (Å²) in [5.74, 6) is 2.04. The van der Waals surface area contributed by atoms with Gasteiger partial charge in [0.1, 0.15) is 17.5 Å². The first-order chi connectivity index (χ1) is 10.0. The van der Waals surface area contributed by atoms with E-state index in [0.717, 1.165) is 11.1 Å². The maximum absolute atomic E-state index is 9.64. The minimum absolute atomic E-state index is 0.0234. The van der Waals surface area contributed by atoms with Crippen molar-refractivity contribution < 1.29 is 5.11 Å². The van der Waals surface area contributed by atoms with E-state index in [2.05, 4.69) is 15.3 Å². The normalized spacial score (nSPS) is 12.4. The molecule has 2 rings (SSSR count). The van der Waals surface area contributed by atoms with Crippen LogP contribution in [-0.2, 0) is 0 Å². The zero-order chi connectivity index (χ0) is 15.4. The maximum Gasteiger partial charge on any atom is 0.135 e. The average Bonchev–Trinajstić information content (AvgIpc) is 2.49. The number of aliphatic hydroxyl groups excluding tert-OH is 1. The summed E-state index contributed by atoms with van der Waals surface area (Å²) in [5.41, 5.74) is 7.76. The molecule has 0 spiro atoms. The molecule has 0 aliphatic carbocycles. The van der Waals surface area contributed by atoms with Gasteiger partial charge < -0.3 is 16.2 Å². The van der Waals surface area contributed by atoms with Crippen LogP contribution in [-0.4, -0.2) is 21.7 Å². The second kappa shape index (κ2) is 6.54. The monoisotopic (exact) mass is 286 g/mol. The summed E-state index contributed by atoms with van der Waals surface area (Å²) in [6.07, 6.45) is 0. The molecule has 1 unspecified atom stereocenters. The highest BCUT2D eigenvalue weighted by Crippen LogP contribution is 2.25. The molecule has 0 saturated heterocycles. The molecule has 1 atom stereocenters. The first-order valence-electron chi connectivity index (χ1n) is 7.09. The number of aromatic nitrogens is 2. The van der Waals surface area contributed by atoms with E-state index in [9.17, 15) is 5.11 Å². The summed E-state index contributed by atoms with van der Waals surface area (Å²) in [6, 6.07) is 9.55. The Morgan fingerprint density at radius 3 is 2.43 bits per heavy atom. The third kappa shape index (κ3) is 3.49. The first kappa shape index (κ1) is 15.3. The molecule has 1 aromatic heterocycles. The van der Waals surface area contributed by atoms with E-state index in [1.54, 1.807) is 0 Å². The van der Waals surface area contributed by atoms with Crippen molar-refractivity contribution in [1.82, 2.24) is 9.97 Å². The van der Waals surface area contributed by atoms with Gasteiger partial charge in [0.2, 0.25) is 0 Å². The third-order valence-electron chi connectivity index (χ3n) is 3.41. The molecular weight excluding hydrogens is 264 g/mol. The van der Waals surface area contributed by atoms with Crippen molar-refractivity contribution in [3.63, 3.8) is 0 Å². The van der Waals surface area contributed by atoms with E-state index in [4.69, 9.17) is 5.73 Å². The van der Waals surface area contributed by atoms with Crippen LogP contribution < -0.4 is 11.1 Å². The van der Waals surface area contributed by atoms with Gasteiger partial charge in [-0.15, -0.1) is 0 Å². The lowest BCUT2D eigenvalue weighted by atomic mass is 10.1. The topological polar surface area (TPSA) is 84.1 Å². The number of rotatable bonds is 5. The van der Waals surface area contributed by atoms with Crippen LogP contribution in [0.5, 0.6) is 0 Å². The van der Waals surface area contributed by atoms with Crippen molar-refractivity contribution in [2.75, 3.05) is 17.7 Å². The number of nitrogens with zero attached hydrogens (tertiary/aromatic N) is 2. The molecule has 1 heterocycles. The summed E-state index contributed by atoms with van der Waals surface area (Å²) in [7, 11) is 0.